The molecule has 0 aliphatic carbocycles. The van der Waals surface area contributed by atoms with E-state index in [2.05, 4.69) is 0 Å². The number of hydrogen-bond acceptors (Lipinski definition) is 9. The highest BCUT2D eigenvalue weighted by molar-refractivity contribution is 7.89. The predicted molar refractivity (Wildman–Crippen MR) is 141 cm³/mol. The number of rotatable bonds is 12. The molecule has 10 nitrogen and oxygen atoms in total. The molecule has 0 aromatic heterocycles. The van der Waals surface area contributed by atoms with Crippen LogP contribution in [-0.2, 0) is 35.4 Å². The van der Waals surface area contributed by atoms with Gasteiger partial charge >= 0.3 is 5.97 Å². The molecule has 2 unspecified atom stereocenters. The minimum Gasteiger partial charge on any atom is -0.508 e. The molecule has 4 rings (SSSR count). The maximum Gasteiger partial charge on any atom is 0.306 e. The van der Waals surface area contributed by atoms with Crippen molar-refractivity contribution in [2.24, 2.45) is 17.8 Å². The molecule has 2 fully saturated rings. The van der Waals surface area contributed by atoms with E-state index in [1.807, 2.05) is 44.2 Å². The van der Waals surface area contributed by atoms with Crippen LogP contribution in [0.25, 0.3) is 0 Å². The fraction of sp³-hybridized carbons (Fsp3) is 0.536. The number of esters is 1. The van der Waals surface area contributed by atoms with Crippen LogP contribution in [-0.4, -0.2) is 78.8 Å². The number of phenols is 2. The van der Waals surface area contributed by atoms with Crippen LogP contribution in [0.4, 0.5) is 0 Å². The Morgan fingerprint density at radius 2 is 1.77 bits per heavy atom. The summed E-state index contributed by atoms with van der Waals surface area (Å²) in [7, 11) is -4.19. The van der Waals surface area contributed by atoms with Crippen LogP contribution in [0.5, 0.6) is 11.5 Å². The molecule has 2 aromatic carbocycles. The summed E-state index contributed by atoms with van der Waals surface area (Å²) in [4.78, 5) is 12.7. The predicted octanol–water partition coefficient (Wildman–Crippen LogP) is 2.66. The maximum atomic E-state index is 13.5. The van der Waals surface area contributed by atoms with E-state index in [4.69, 9.17) is 14.2 Å². The van der Waals surface area contributed by atoms with Gasteiger partial charge in [0.15, 0.2) is 6.29 Å². The Balaban J connectivity index is 1.53. The van der Waals surface area contributed by atoms with Crippen molar-refractivity contribution in [2.45, 2.75) is 56.5 Å². The van der Waals surface area contributed by atoms with Crippen LogP contribution in [0.1, 0.15) is 32.3 Å². The molecule has 2 aliphatic heterocycles. The summed E-state index contributed by atoms with van der Waals surface area (Å²) in [5.74, 6) is -2.02. The number of sulfonamides is 1. The Morgan fingerprint density at radius 3 is 2.44 bits per heavy atom. The third-order valence-electron chi connectivity index (χ3n) is 7.06. The van der Waals surface area contributed by atoms with Gasteiger partial charge in [-0.1, -0.05) is 44.2 Å². The van der Waals surface area contributed by atoms with Crippen molar-refractivity contribution >= 4 is 16.0 Å². The van der Waals surface area contributed by atoms with Crippen LogP contribution >= 0.6 is 0 Å². The molecule has 2 aromatic rings. The average molecular weight is 564 g/mol. The van der Waals surface area contributed by atoms with Crippen LogP contribution in [0, 0.1) is 17.8 Å². The van der Waals surface area contributed by atoms with E-state index in [0.29, 0.717) is 13.0 Å². The third kappa shape index (κ3) is 7.49. The van der Waals surface area contributed by atoms with Crippen molar-refractivity contribution in [1.82, 2.24) is 4.31 Å². The summed E-state index contributed by atoms with van der Waals surface area (Å²) >= 11 is 0. The van der Waals surface area contributed by atoms with Crippen molar-refractivity contribution in [1.29, 1.82) is 0 Å². The number of carbonyl (C=O) groups is 1. The van der Waals surface area contributed by atoms with E-state index in [1.165, 1.54) is 0 Å². The molecular formula is C28H37NO9S. The van der Waals surface area contributed by atoms with Gasteiger partial charge in [0.05, 0.1) is 36.6 Å². The lowest BCUT2D eigenvalue weighted by Crippen LogP contribution is -2.43. The number of phenolic OH excluding ortho intramolecular Hbond substituents is 2. The molecule has 0 bridgehead atoms. The molecule has 0 saturated carbocycles. The topological polar surface area (TPSA) is 143 Å². The standard InChI is InChI=1S/C28H37NO9S/c1-18(2)15-29(39(34,35)23-13-21(30)12-22(31)14-23)16-25(32)20(10-19-6-4-3-5-7-19)11-27(33)38-26-17-37-28-24(26)8-9-36-28/h3-7,12-14,18,20,24-26,28,30-32H,8-11,15-17H2,1-2H3/t20-,24?,25-,26?,28-/m1/s1. The van der Waals surface area contributed by atoms with Gasteiger partial charge in [-0.2, -0.15) is 4.31 Å². The number of benzene rings is 2. The first-order valence-corrected chi connectivity index (χ1v) is 14.6. The summed E-state index contributed by atoms with van der Waals surface area (Å²) in [5, 5.41) is 31.1. The van der Waals surface area contributed by atoms with Crippen molar-refractivity contribution in [2.75, 3.05) is 26.3 Å². The highest BCUT2D eigenvalue weighted by Crippen LogP contribution is 2.34. The molecule has 2 saturated heterocycles. The second kappa shape index (κ2) is 12.6. The van der Waals surface area contributed by atoms with E-state index in [9.17, 15) is 28.5 Å². The lowest BCUT2D eigenvalue weighted by Gasteiger charge is -2.30. The minimum absolute atomic E-state index is 0.0168. The number of aliphatic hydroxyl groups excluding tert-OH is 1. The van der Waals surface area contributed by atoms with Crippen LogP contribution in [0.2, 0.25) is 0 Å². The summed E-state index contributed by atoms with van der Waals surface area (Å²) in [6.45, 7) is 4.29. The van der Waals surface area contributed by atoms with E-state index in [1.54, 1.807) is 0 Å². The third-order valence-corrected chi connectivity index (χ3v) is 8.86. The molecule has 39 heavy (non-hydrogen) atoms. The SMILES string of the molecule is CC(C)CN(C[C@@H](O)[C@@H](CC(=O)OC1CO[C@H]2OCCC12)Cc1ccccc1)S(=O)(=O)c1cc(O)cc(O)c1. The fourth-order valence-corrected chi connectivity index (χ4v) is 6.82. The van der Waals surface area contributed by atoms with Crippen LogP contribution in [0.3, 0.4) is 0 Å². The minimum atomic E-state index is -4.19. The van der Waals surface area contributed by atoms with Crippen molar-refractivity contribution in [3.05, 3.63) is 54.1 Å². The molecule has 0 amide bonds. The highest BCUT2D eigenvalue weighted by atomic mass is 32.2. The first-order chi connectivity index (χ1) is 18.5. The Hall–Kier alpha value is -2.70. The first-order valence-electron chi connectivity index (χ1n) is 13.2. The molecule has 2 aliphatic rings. The fourth-order valence-electron chi connectivity index (χ4n) is 5.14. The Morgan fingerprint density at radius 1 is 1.08 bits per heavy atom. The summed E-state index contributed by atoms with van der Waals surface area (Å²) in [6, 6.07) is 12.5. The summed E-state index contributed by atoms with van der Waals surface area (Å²) < 4.78 is 45.0. The van der Waals surface area contributed by atoms with Gasteiger partial charge in [-0.3, -0.25) is 4.79 Å². The molecule has 11 heteroatoms. The number of nitrogens with zero attached hydrogens (tertiary/aromatic N) is 1. The second-order valence-electron chi connectivity index (χ2n) is 10.7. The number of hydrogen-bond donors (Lipinski definition) is 3. The van der Waals surface area contributed by atoms with Gasteiger partial charge in [0.2, 0.25) is 10.0 Å². The van der Waals surface area contributed by atoms with E-state index in [-0.39, 0.29) is 49.1 Å². The van der Waals surface area contributed by atoms with Gasteiger partial charge in [0.1, 0.15) is 17.6 Å². The second-order valence-corrected chi connectivity index (χ2v) is 12.6. The summed E-state index contributed by atoms with van der Waals surface area (Å²) in [5.41, 5.74) is 0.888. The molecule has 2 heterocycles. The largest absolute Gasteiger partial charge is 0.508 e. The molecular weight excluding hydrogens is 526 g/mol. The lowest BCUT2D eigenvalue weighted by atomic mass is 9.90. The molecule has 0 spiro atoms. The van der Waals surface area contributed by atoms with Gasteiger partial charge in [-0.05, 0) is 24.3 Å². The van der Waals surface area contributed by atoms with E-state index >= 15 is 0 Å². The lowest BCUT2D eigenvalue weighted by molar-refractivity contribution is -0.153. The normalized spacial score (nSPS) is 22.6. The Kier molecular flexibility index (Phi) is 9.50. The first kappa shape index (κ1) is 29.3. The number of aromatic hydroxyl groups is 2. The average Bonchev–Trinajstić information content (AvgIpc) is 3.48. The van der Waals surface area contributed by atoms with Crippen molar-refractivity contribution in [3.8, 4) is 11.5 Å². The Bertz CT molecular complexity index is 1200. The van der Waals surface area contributed by atoms with E-state index in [0.717, 1.165) is 34.5 Å². The molecule has 3 N–H and O–H groups in total. The van der Waals surface area contributed by atoms with Gasteiger partial charge < -0.3 is 29.5 Å². The van der Waals surface area contributed by atoms with Crippen molar-refractivity contribution in [3.63, 3.8) is 0 Å². The molecule has 5 atom stereocenters. The van der Waals surface area contributed by atoms with Gasteiger partial charge in [0.25, 0.3) is 0 Å². The Labute approximate surface area is 229 Å². The number of fused-ring (bicyclic) bond motifs is 1. The van der Waals surface area contributed by atoms with E-state index < -0.39 is 45.6 Å². The summed E-state index contributed by atoms with van der Waals surface area (Å²) in [6.07, 6.45) is -1.04. The monoisotopic (exact) mass is 563 g/mol. The number of aliphatic hydroxyl groups is 1. The quantitative estimate of drug-likeness (QED) is 0.332. The zero-order valence-electron chi connectivity index (χ0n) is 22.2. The van der Waals surface area contributed by atoms with Gasteiger partial charge in [0, 0.05) is 37.2 Å². The van der Waals surface area contributed by atoms with Crippen LogP contribution in [0.15, 0.2) is 53.4 Å². The van der Waals surface area contributed by atoms with Gasteiger partial charge in [-0.15, -0.1) is 0 Å². The maximum absolute atomic E-state index is 13.5. The smallest absolute Gasteiger partial charge is 0.306 e. The van der Waals surface area contributed by atoms with Crippen LogP contribution < -0.4 is 0 Å². The molecule has 0 radical (unpaired) electrons. The number of ether oxygens (including phenoxy) is 3. The van der Waals surface area contributed by atoms with Gasteiger partial charge in [-0.25, -0.2) is 8.42 Å². The molecule has 214 valence electrons. The highest BCUT2D eigenvalue weighted by Gasteiger charge is 2.44. The van der Waals surface area contributed by atoms with Crippen molar-refractivity contribution < 1.29 is 42.7 Å². The zero-order chi connectivity index (χ0) is 28.2. The number of carbonyl (C=O) groups excluding carboxylic acids is 1. The zero-order valence-corrected chi connectivity index (χ0v) is 23.0.